The molecule has 0 saturated carbocycles. The van der Waals surface area contributed by atoms with E-state index in [1.165, 1.54) is 12.0 Å². The number of ether oxygens (including phenoxy) is 1. The van der Waals surface area contributed by atoms with E-state index in [4.69, 9.17) is 5.73 Å². The van der Waals surface area contributed by atoms with E-state index in [2.05, 4.69) is 4.74 Å². The molecule has 1 unspecified atom stereocenters. The van der Waals surface area contributed by atoms with Crippen LogP contribution < -0.4 is 15.5 Å². The molecular formula is C27H39N3O5. The van der Waals surface area contributed by atoms with Crippen LogP contribution in [0.4, 0.5) is 11.4 Å². The van der Waals surface area contributed by atoms with Gasteiger partial charge in [-0.3, -0.25) is 19.2 Å². The van der Waals surface area contributed by atoms with E-state index in [1.807, 2.05) is 74.5 Å². The molecule has 0 bridgehead atoms. The number of para-hydroxylation sites is 2. The highest BCUT2D eigenvalue weighted by Gasteiger charge is 2.17. The van der Waals surface area contributed by atoms with Crippen molar-refractivity contribution in [2.45, 2.75) is 46.5 Å². The molecule has 2 rings (SSSR count). The number of amides is 3. The zero-order chi connectivity index (χ0) is 26.8. The zero-order valence-corrected chi connectivity index (χ0v) is 21.7. The highest BCUT2D eigenvalue weighted by atomic mass is 16.5. The molecule has 0 heterocycles. The van der Waals surface area contributed by atoms with E-state index >= 15 is 0 Å². The van der Waals surface area contributed by atoms with Crippen LogP contribution in [0.1, 0.15) is 46.5 Å². The van der Waals surface area contributed by atoms with E-state index in [0.717, 1.165) is 11.4 Å². The van der Waals surface area contributed by atoms with Crippen molar-refractivity contribution in [3.05, 3.63) is 60.7 Å². The molecule has 35 heavy (non-hydrogen) atoms. The third-order valence-corrected chi connectivity index (χ3v) is 5.02. The first-order valence-electron chi connectivity index (χ1n) is 11.7. The molecule has 1 atom stereocenters. The minimum Gasteiger partial charge on any atom is -0.469 e. The molecule has 3 amide bonds. The van der Waals surface area contributed by atoms with Gasteiger partial charge in [-0.25, -0.2) is 0 Å². The summed E-state index contributed by atoms with van der Waals surface area (Å²) in [4.78, 5) is 48.3. The zero-order valence-electron chi connectivity index (χ0n) is 21.7. The first-order chi connectivity index (χ1) is 16.7. The number of primary amides is 1. The fourth-order valence-corrected chi connectivity index (χ4v) is 2.82. The molecule has 8 heteroatoms. The Labute approximate surface area is 209 Å². The van der Waals surface area contributed by atoms with Crippen LogP contribution in [0.15, 0.2) is 60.7 Å². The lowest BCUT2D eigenvalue weighted by molar-refractivity contribution is -0.145. The highest BCUT2D eigenvalue weighted by Crippen LogP contribution is 2.15. The smallest absolute Gasteiger partial charge is 0.308 e. The van der Waals surface area contributed by atoms with Gasteiger partial charge in [-0.1, -0.05) is 57.2 Å². The van der Waals surface area contributed by atoms with Gasteiger partial charge in [0.1, 0.15) is 0 Å². The Kier molecular flexibility index (Phi) is 15.9. The van der Waals surface area contributed by atoms with Crippen molar-refractivity contribution in [3.63, 3.8) is 0 Å². The molecule has 0 radical (unpaired) electrons. The van der Waals surface area contributed by atoms with Crippen LogP contribution in [-0.4, -0.2) is 44.9 Å². The van der Waals surface area contributed by atoms with Crippen molar-refractivity contribution >= 4 is 35.1 Å². The maximum atomic E-state index is 11.9. The Morgan fingerprint density at radius 3 is 1.54 bits per heavy atom. The third kappa shape index (κ3) is 12.4. The number of carbonyl (C=O) groups is 4. The van der Waals surface area contributed by atoms with Gasteiger partial charge in [0.25, 0.3) is 0 Å². The average Bonchev–Trinajstić information content (AvgIpc) is 2.91. The predicted molar refractivity (Wildman–Crippen MR) is 140 cm³/mol. The lowest BCUT2D eigenvalue weighted by Crippen LogP contribution is -2.27. The van der Waals surface area contributed by atoms with Crippen LogP contribution >= 0.6 is 0 Å². The van der Waals surface area contributed by atoms with Gasteiger partial charge in [0.05, 0.1) is 13.0 Å². The number of esters is 1. The lowest BCUT2D eigenvalue weighted by atomic mass is 10.1. The summed E-state index contributed by atoms with van der Waals surface area (Å²) in [6, 6.07) is 18.7. The van der Waals surface area contributed by atoms with Crippen molar-refractivity contribution < 1.29 is 23.9 Å². The van der Waals surface area contributed by atoms with Crippen LogP contribution in [0, 0.1) is 5.92 Å². The van der Waals surface area contributed by atoms with Crippen molar-refractivity contribution in [1.82, 2.24) is 0 Å². The topological polar surface area (TPSA) is 110 Å². The van der Waals surface area contributed by atoms with Gasteiger partial charge in [-0.2, -0.15) is 0 Å². The van der Waals surface area contributed by atoms with Crippen molar-refractivity contribution in [2.24, 2.45) is 11.7 Å². The number of rotatable bonds is 9. The van der Waals surface area contributed by atoms with Gasteiger partial charge in [-0.05, 0) is 30.7 Å². The quantitative estimate of drug-likeness (QED) is 0.536. The summed E-state index contributed by atoms with van der Waals surface area (Å²) >= 11 is 0. The fraction of sp³-hybridized carbons (Fsp3) is 0.407. The van der Waals surface area contributed by atoms with Crippen LogP contribution in [0.5, 0.6) is 0 Å². The molecule has 0 aliphatic carbocycles. The summed E-state index contributed by atoms with van der Waals surface area (Å²) in [6.07, 6.45) is 1.08. The molecule has 2 aromatic carbocycles. The molecule has 2 aromatic rings. The summed E-state index contributed by atoms with van der Waals surface area (Å²) in [5.41, 5.74) is 6.64. The first-order valence-corrected chi connectivity index (χ1v) is 11.7. The standard InChI is InChI=1S/C14H19NO3.C11H14N2O2.C2H6/c1-11(14(17)18-3)9-10-13(16)15(2)12-7-5-4-6-8-12;1-13(9-5-3-2-4-6-9)11(15)8-7-10(12)14;1-2/h4-8,11H,9-10H2,1-3H3;2-6H,7-8H2,1H3,(H2,12,14);1-2H3. The summed E-state index contributed by atoms with van der Waals surface area (Å²) in [5.74, 6) is -1.09. The molecule has 0 fully saturated rings. The molecule has 0 aliphatic heterocycles. The van der Waals surface area contributed by atoms with Crippen molar-refractivity contribution in [2.75, 3.05) is 31.0 Å². The maximum Gasteiger partial charge on any atom is 0.308 e. The molecule has 8 nitrogen and oxygen atoms in total. The van der Waals surface area contributed by atoms with Crippen LogP contribution in [-0.2, 0) is 23.9 Å². The molecule has 0 spiro atoms. The van der Waals surface area contributed by atoms with Crippen LogP contribution in [0.2, 0.25) is 0 Å². The number of carbonyl (C=O) groups excluding carboxylic acids is 4. The van der Waals surface area contributed by atoms with Gasteiger partial charge in [-0.15, -0.1) is 0 Å². The van der Waals surface area contributed by atoms with E-state index in [-0.39, 0.29) is 36.5 Å². The second-order valence-electron chi connectivity index (χ2n) is 7.51. The Hall–Kier alpha value is -3.68. The number of benzene rings is 2. The SMILES string of the molecule is CC.CN(C(=O)CCC(N)=O)c1ccccc1.COC(=O)C(C)CCC(=O)N(C)c1ccccc1. The number of methoxy groups -OCH3 is 1. The van der Waals surface area contributed by atoms with E-state index in [1.54, 1.807) is 25.9 Å². The van der Waals surface area contributed by atoms with E-state index in [0.29, 0.717) is 12.8 Å². The molecular weight excluding hydrogens is 446 g/mol. The second kappa shape index (κ2) is 17.8. The first kappa shape index (κ1) is 31.3. The minimum atomic E-state index is -0.454. The summed E-state index contributed by atoms with van der Waals surface area (Å²) < 4.78 is 4.63. The van der Waals surface area contributed by atoms with Gasteiger partial charge < -0.3 is 20.3 Å². The van der Waals surface area contributed by atoms with Gasteiger partial charge in [0.15, 0.2) is 0 Å². The monoisotopic (exact) mass is 485 g/mol. The third-order valence-electron chi connectivity index (χ3n) is 5.02. The number of nitrogens with two attached hydrogens (primary N) is 1. The molecule has 0 aliphatic rings. The summed E-state index contributed by atoms with van der Waals surface area (Å²) in [5, 5.41) is 0. The highest BCUT2D eigenvalue weighted by molar-refractivity contribution is 5.94. The number of hydrogen-bond donors (Lipinski definition) is 1. The Bertz CT molecular complexity index is 904. The summed E-state index contributed by atoms with van der Waals surface area (Å²) in [7, 11) is 4.77. The molecule has 0 saturated heterocycles. The van der Waals surface area contributed by atoms with E-state index < -0.39 is 5.91 Å². The van der Waals surface area contributed by atoms with Crippen LogP contribution in [0.25, 0.3) is 0 Å². The minimum absolute atomic E-state index is 0.00282. The molecule has 192 valence electrons. The number of anilines is 2. The number of hydrogen-bond acceptors (Lipinski definition) is 5. The Balaban J connectivity index is 0.000000625. The average molecular weight is 486 g/mol. The van der Waals surface area contributed by atoms with Crippen LogP contribution in [0.3, 0.4) is 0 Å². The van der Waals surface area contributed by atoms with Crippen molar-refractivity contribution in [1.29, 1.82) is 0 Å². The van der Waals surface area contributed by atoms with Crippen molar-refractivity contribution in [3.8, 4) is 0 Å². The molecule has 0 aromatic heterocycles. The largest absolute Gasteiger partial charge is 0.469 e. The molecule has 2 N–H and O–H groups in total. The van der Waals surface area contributed by atoms with Gasteiger partial charge >= 0.3 is 5.97 Å². The predicted octanol–water partition coefficient (Wildman–Crippen LogP) is 4.18. The normalized spacial score (nSPS) is 10.3. The maximum absolute atomic E-state index is 11.9. The van der Waals surface area contributed by atoms with E-state index in [9.17, 15) is 19.2 Å². The van der Waals surface area contributed by atoms with Gasteiger partial charge in [0, 0.05) is 44.7 Å². The lowest BCUT2D eigenvalue weighted by Gasteiger charge is -2.18. The van der Waals surface area contributed by atoms with Gasteiger partial charge in [0.2, 0.25) is 17.7 Å². The fourth-order valence-electron chi connectivity index (χ4n) is 2.82. The number of nitrogens with zero attached hydrogens (tertiary/aromatic N) is 2. The second-order valence-corrected chi connectivity index (χ2v) is 7.51. The Morgan fingerprint density at radius 1 is 0.771 bits per heavy atom. The Morgan fingerprint density at radius 2 is 1.17 bits per heavy atom. The summed E-state index contributed by atoms with van der Waals surface area (Å²) in [6.45, 7) is 5.77.